The van der Waals surface area contributed by atoms with E-state index >= 15 is 0 Å². The number of rotatable bonds is 2. The highest BCUT2D eigenvalue weighted by Crippen LogP contribution is 2.13. The molecule has 0 aliphatic carbocycles. The lowest BCUT2D eigenvalue weighted by Gasteiger charge is -2.27. The van der Waals surface area contributed by atoms with Crippen LogP contribution in [0.25, 0.3) is 0 Å². The van der Waals surface area contributed by atoms with Crippen molar-refractivity contribution in [2.24, 2.45) is 0 Å². The van der Waals surface area contributed by atoms with E-state index in [2.05, 4.69) is 20.5 Å². The van der Waals surface area contributed by atoms with Gasteiger partial charge in [-0.15, -0.1) is 10.2 Å². The molecule has 0 radical (unpaired) electrons. The first kappa shape index (κ1) is 13.0. The van der Waals surface area contributed by atoms with Crippen molar-refractivity contribution in [3.63, 3.8) is 0 Å². The largest absolute Gasteiger partial charge is 0.478 e. The van der Waals surface area contributed by atoms with Crippen LogP contribution >= 0.6 is 0 Å². The highest BCUT2D eigenvalue weighted by atomic mass is 16.4. The molecule has 9 nitrogen and oxygen atoms in total. The number of fused-ring (bicyclic) bond motifs is 1. The van der Waals surface area contributed by atoms with Crippen molar-refractivity contribution >= 4 is 17.7 Å². The fraction of sp³-hybridized carbons (Fsp3) is 0.250. The number of hydrogen-bond donors (Lipinski definition) is 2. The number of amides is 2. The Morgan fingerprint density at radius 1 is 1.29 bits per heavy atom. The van der Waals surface area contributed by atoms with Crippen LogP contribution in [0, 0.1) is 0 Å². The van der Waals surface area contributed by atoms with Gasteiger partial charge in [-0.3, -0.25) is 4.98 Å². The molecule has 0 spiro atoms. The summed E-state index contributed by atoms with van der Waals surface area (Å²) in [5.41, 5.74) is 0.359. The number of nitrogens with one attached hydrogen (secondary N) is 1. The first-order valence-electron chi connectivity index (χ1n) is 6.24. The Bertz CT molecular complexity index is 698. The summed E-state index contributed by atoms with van der Waals surface area (Å²) in [5.74, 6) is -0.376. The average molecular weight is 288 g/mol. The van der Waals surface area contributed by atoms with Crippen molar-refractivity contribution in [3.8, 4) is 0 Å². The van der Waals surface area contributed by atoms with Gasteiger partial charge in [0.05, 0.1) is 24.0 Å². The molecule has 1 aliphatic heterocycles. The van der Waals surface area contributed by atoms with E-state index in [1.807, 2.05) is 4.57 Å². The van der Waals surface area contributed by atoms with Gasteiger partial charge in [0.25, 0.3) is 0 Å². The maximum atomic E-state index is 12.2. The zero-order valence-corrected chi connectivity index (χ0v) is 10.9. The number of carbonyl (C=O) groups excluding carboxylic acids is 1. The normalized spacial score (nSPS) is 13.6. The first-order valence-corrected chi connectivity index (χ1v) is 6.24. The molecule has 9 heteroatoms. The van der Waals surface area contributed by atoms with E-state index in [1.54, 1.807) is 11.2 Å². The first-order chi connectivity index (χ1) is 10.1. The average Bonchev–Trinajstić information content (AvgIpc) is 2.94. The zero-order chi connectivity index (χ0) is 14.8. The maximum absolute atomic E-state index is 12.2. The molecular weight excluding hydrogens is 276 g/mol. The van der Waals surface area contributed by atoms with Crippen molar-refractivity contribution in [1.29, 1.82) is 0 Å². The molecule has 108 valence electrons. The molecule has 21 heavy (non-hydrogen) atoms. The lowest BCUT2D eigenvalue weighted by atomic mass is 10.2. The lowest BCUT2D eigenvalue weighted by Crippen LogP contribution is -2.40. The van der Waals surface area contributed by atoms with Crippen LogP contribution < -0.4 is 5.32 Å². The second-order valence-corrected chi connectivity index (χ2v) is 4.56. The fourth-order valence-corrected chi connectivity index (χ4v) is 2.07. The van der Waals surface area contributed by atoms with E-state index in [-0.39, 0.29) is 11.6 Å². The molecule has 2 amide bonds. The Morgan fingerprint density at radius 2 is 2.14 bits per heavy atom. The van der Waals surface area contributed by atoms with Crippen molar-refractivity contribution < 1.29 is 14.7 Å². The summed E-state index contributed by atoms with van der Waals surface area (Å²) in [6, 6.07) is 1.04. The molecule has 0 atom stereocenters. The van der Waals surface area contributed by atoms with Gasteiger partial charge in [0.1, 0.15) is 6.33 Å². The molecular formula is C12H12N6O3. The Kier molecular flexibility index (Phi) is 3.22. The Morgan fingerprint density at radius 3 is 2.95 bits per heavy atom. The summed E-state index contributed by atoms with van der Waals surface area (Å²) in [4.78, 5) is 28.4. The number of anilines is 1. The minimum atomic E-state index is -1.09. The number of urea groups is 1. The fourth-order valence-electron chi connectivity index (χ4n) is 2.07. The van der Waals surface area contributed by atoms with Gasteiger partial charge >= 0.3 is 12.0 Å². The molecule has 1 aliphatic rings. The third-order valence-corrected chi connectivity index (χ3v) is 3.16. The molecule has 0 aromatic carbocycles. The van der Waals surface area contributed by atoms with E-state index < -0.39 is 5.97 Å². The van der Waals surface area contributed by atoms with Gasteiger partial charge in [-0.25, -0.2) is 9.59 Å². The summed E-state index contributed by atoms with van der Waals surface area (Å²) in [6.07, 6.45) is 4.25. The Balaban J connectivity index is 1.70. The van der Waals surface area contributed by atoms with E-state index in [1.165, 1.54) is 18.5 Å². The standard InChI is InChI=1S/C12H12N6O3/c19-11(20)8-3-9(5-13-4-8)15-12(21)17-1-2-18-7-14-16-10(18)6-17/h3-5,7H,1-2,6H2,(H,15,21)(H,19,20). The monoisotopic (exact) mass is 288 g/mol. The molecule has 2 aromatic heterocycles. The molecule has 2 aromatic rings. The van der Waals surface area contributed by atoms with E-state index in [4.69, 9.17) is 5.11 Å². The minimum absolute atomic E-state index is 0.0196. The van der Waals surface area contributed by atoms with E-state index in [0.29, 0.717) is 31.1 Å². The van der Waals surface area contributed by atoms with Crippen LogP contribution in [-0.4, -0.2) is 48.3 Å². The molecule has 3 rings (SSSR count). The van der Waals surface area contributed by atoms with Gasteiger partial charge in [-0.05, 0) is 6.07 Å². The Hall–Kier alpha value is -2.97. The van der Waals surface area contributed by atoms with Gasteiger partial charge in [0.15, 0.2) is 5.82 Å². The van der Waals surface area contributed by atoms with Crippen molar-refractivity contribution in [2.45, 2.75) is 13.1 Å². The number of carboxylic acid groups (broad SMARTS) is 1. The second kappa shape index (κ2) is 5.19. The number of aromatic nitrogens is 4. The number of carbonyl (C=O) groups is 2. The summed E-state index contributed by atoms with van der Waals surface area (Å²) in [5, 5.41) is 19.3. The SMILES string of the molecule is O=C(O)c1cncc(NC(=O)N2CCn3cnnc3C2)c1. The highest BCUT2D eigenvalue weighted by Gasteiger charge is 2.22. The number of carboxylic acids is 1. The van der Waals surface area contributed by atoms with Gasteiger partial charge in [-0.1, -0.05) is 0 Å². The van der Waals surface area contributed by atoms with Crippen molar-refractivity contribution in [2.75, 3.05) is 11.9 Å². The second-order valence-electron chi connectivity index (χ2n) is 4.56. The molecule has 0 saturated heterocycles. The number of pyridine rings is 1. The smallest absolute Gasteiger partial charge is 0.337 e. The number of aromatic carboxylic acids is 1. The lowest BCUT2D eigenvalue weighted by molar-refractivity contribution is 0.0696. The van der Waals surface area contributed by atoms with Crippen LogP contribution in [0.3, 0.4) is 0 Å². The van der Waals surface area contributed by atoms with Crippen LogP contribution in [0.4, 0.5) is 10.5 Å². The van der Waals surface area contributed by atoms with Crippen LogP contribution in [0.1, 0.15) is 16.2 Å². The van der Waals surface area contributed by atoms with E-state index in [9.17, 15) is 9.59 Å². The summed E-state index contributed by atoms with van der Waals surface area (Å²) < 4.78 is 1.89. The predicted molar refractivity (Wildman–Crippen MR) is 70.6 cm³/mol. The minimum Gasteiger partial charge on any atom is -0.478 e. The summed E-state index contributed by atoms with van der Waals surface area (Å²) in [7, 11) is 0. The quantitative estimate of drug-likeness (QED) is 0.828. The molecule has 2 N–H and O–H groups in total. The topological polar surface area (TPSA) is 113 Å². The van der Waals surface area contributed by atoms with Gasteiger partial charge in [0.2, 0.25) is 0 Å². The molecule has 0 unspecified atom stereocenters. The maximum Gasteiger partial charge on any atom is 0.337 e. The van der Waals surface area contributed by atoms with Crippen molar-refractivity contribution in [3.05, 3.63) is 36.2 Å². The van der Waals surface area contributed by atoms with Crippen LogP contribution in [-0.2, 0) is 13.1 Å². The predicted octanol–water partition coefficient (Wildman–Crippen LogP) is 0.419. The number of nitrogens with zero attached hydrogens (tertiary/aromatic N) is 5. The van der Waals surface area contributed by atoms with Crippen molar-refractivity contribution in [1.82, 2.24) is 24.6 Å². The van der Waals surface area contributed by atoms with Crippen LogP contribution in [0.5, 0.6) is 0 Å². The zero-order valence-electron chi connectivity index (χ0n) is 10.9. The van der Waals surface area contributed by atoms with Crippen LogP contribution in [0.2, 0.25) is 0 Å². The van der Waals surface area contributed by atoms with Gasteiger partial charge in [0, 0.05) is 19.3 Å². The third-order valence-electron chi connectivity index (χ3n) is 3.16. The van der Waals surface area contributed by atoms with Gasteiger partial charge < -0.3 is 19.9 Å². The van der Waals surface area contributed by atoms with Crippen LogP contribution in [0.15, 0.2) is 24.8 Å². The summed E-state index contributed by atoms with van der Waals surface area (Å²) in [6.45, 7) is 1.52. The molecule has 0 saturated carbocycles. The highest BCUT2D eigenvalue weighted by molar-refractivity contribution is 5.92. The molecule has 3 heterocycles. The molecule has 0 bridgehead atoms. The van der Waals surface area contributed by atoms with E-state index in [0.717, 1.165) is 0 Å². The Labute approximate surface area is 119 Å². The summed E-state index contributed by atoms with van der Waals surface area (Å²) >= 11 is 0. The molecule has 0 fully saturated rings. The van der Waals surface area contributed by atoms with Gasteiger partial charge in [-0.2, -0.15) is 0 Å². The number of hydrogen-bond acceptors (Lipinski definition) is 5. The third kappa shape index (κ3) is 2.66.